The van der Waals surface area contributed by atoms with Crippen molar-refractivity contribution >= 4 is 40.0 Å². The molecule has 0 bridgehead atoms. The van der Waals surface area contributed by atoms with E-state index in [4.69, 9.17) is 16.3 Å². The third kappa shape index (κ3) is 2.18. The van der Waals surface area contributed by atoms with Crippen molar-refractivity contribution in [1.29, 1.82) is 0 Å². The van der Waals surface area contributed by atoms with E-state index in [0.29, 0.717) is 15.5 Å². The molecule has 0 fully saturated rings. The number of hydrogen-bond acceptors (Lipinski definition) is 4. The molecule has 1 unspecified atom stereocenters. The topological polar surface area (TPSA) is 63.7 Å². The molecule has 1 aromatic rings. The quantitative estimate of drug-likeness (QED) is 0.579. The summed E-state index contributed by atoms with van der Waals surface area (Å²) in [5.74, 6) is -1.10. The molecule has 2 aliphatic rings. The highest BCUT2D eigenvalue weighted by Crippen LogP contribution is 2.42. The first kappa shape index (κ1) is 15.2. The Morgan fingerprint density at radius 1 is 1.41 bits per heavy atom. The summed E-state index contributed by atoms with van der Waals surface area (Å²) in [7, 11) is -1.57. The zero-order valence-corrected chi connectivity index (χ0v) is 13.7. The van der Waals surface area contributed by atoms with Gasteiger partial charge in [-0.25, -0.2) is 9.00 Å². The molecule has 1 atom stereocenters. The van der Waals surface area contributed by atoms with E-state index in [1.54, 1.807) is 38.1 Å². The van der Waals surface area contributed by atoms with Crippen molar-refractivity contribution in [3.05, 3.63) is 34.7 Å². The number of cyclic esters (lactones) is 1. The number of benzene rings is 1. The minimum absolute atomic E-state index is 0.0197. The molecule has 0 saturated carbocycles. The van der Waals surface area contributed by atoms with Crippen LogP contribution < -0.4 is 4.90 Å². The van der Waals surface area contributed by atoms with Gasteiger partial charge in [-0.2, -0.15) is 0 Å². The van der Waals surface area contributed by atoms with E-state index >= 15 is 0 Å². The number of hydrogen-bond donors (Lipinski definition) is 0. The first-order valence-corrected chi connectivity index (χ1v) is 8.39. The fourth-order valence-corrected chi connectivity index (χ4v) is 4.55. The van der Waals surface area contributed by atoms with Crippen LogP contribution in [0.15, 0.2) is 39.6 Å². The zero-order chi connectivity index (χ0) is 16.1. The van der Waals surface area contributed by atoms with Crippen LogP contribution in [0.3, 0.4) is 0 Å². The number of ether oxygens (including phenoxy) is 1. The Hall–Kier alpha value is -1.66. The molecular weight excluding hydrogens is 326 g/mol. The van der Waals surface area contributed by atoms with E-state index in [-0.39, 0.29) is 23.9 Å². The van der Waals surface area contributed by atoms with Gasteiger partial charge in [-0.05, 0) is 26.0 Å². The lowest BCUT2D eigenvalue weighted by atomic mass is 10.1. The van der Waals surface area contributed by atoms with Gasteiger partial charge in [0.15, 0.2) is 0 Å². The van der Waals surface area contributed by atoms with Gasteiger partial charge in [0.25, 0.3) is 0 Å². The molecule has 1 amide bonds. The first-order chi connectivity index (χ1) is 10.4. The lowest BCUT2D eigenvalue weighted by Gasteiger charge is -2.23. The molecule has 2 aliphatic heterocycles. The van der Waals surface area contributed by atoms with Gasteiger partial charge in [-0.3, -0.25) is 4.79 Å². The fourth-order valence-electron chi connectivity index (χ4n) is 2.75. The largest absolute Gasteiger partial charge is 0.451 e. The van der Waals surface area contributed by atoms with Crippen molar-refractivity contribution in [2.24, 2.45) is 0 Å². The molecule has 0 spiro atoms. The molecule has 7 heteroatoms. The Balaban J connectivity index is 2.25. The van der Waals surface area contributed by atoms with Crippen LogP contribution in [0.5, 0.6) is 0 Å². The maximum absolute atomic E-state index is 13.0. The molecule has 0 N–H and O–H groups in total. The number of anilines is 1. The average molecular weight is 340 g/mol. The number of carbonyl (C=O) groups is 2. The van der Waals surface area contributed by atoms with Crippen LogP contribution in [-0.4, -0.2) is 34.1 Å². The molecule has 1 aromatic carbocycles. The number of amides is 1. The Morgan fingerprint density at radius 2 is 2.09 bits per heavy atom. The summed E-state index contributed by atoms with van der Waals surface area (Å²) in [4.78, 5) is 26.6. The lowest BCUT2D eigenvalue weighted by Crippen LogP contribution is -2.34. The van der Waals surface area contributed by atoms with Gasteiger partial charge in [-0.15, -0.1) is 11.6 Å². The smallest absolute Gasteiger partial charge is 0.337 e. The number of rotatable bonds is 1. The summed E-state index contributed by atoms with van der Waals surface area (Å²) in [6.45, 7) is 3.42. The fraction of sp³-hybridized carbons (Fsp3) is 0.333. The summed E-state index contributed by atoms with van der Waals surface area (Å²) in [5.41, 5.74) is -0.160. The van der Waals surface area contributed by atoms with Crippen LogP contribution >= 0.6 is 11.6 Å². The Morgan fingerprint density at radius 3 is 2.77 bits per heavy atom. The van der Waals surface area contributed by atoms with Crippen LogP contribution in [0.2, 0.25) is 0 Å². The van der Waals surface area contributed by atoms with Gasteiger partial charge in [0.05, 0.1) is 38.4 Å². The summed E-state index contributed by atoms with van der Waals surface area (Å²) in [6.07, 6.45) is 0. The van der Waals surface area contributed by atoms with E-state index in [1.165, 1.54) is 4.90 Å². The SMILES string of the molecule is CC1(C)OC(=O)C2=C1S(=O)c1ccccc1N(C(=O)CCl)C2. The number of nitrogens with zero attached hydrogens (tertiary/aromatic N) is 1. The molecule has 5 nitrogen and oxygen atoms in total. The summed E-state index contributed by atoms with van der Waals surface area (Å²) in [6, 6.07) is 6.90. The molecule has 116 valence electrons. The minimum Gasteiger partial charge on any atom is -0.451 e. The summed E-state index contributed by atoms with van der Waals surface area (Å²) >= 11 is 5.68. The van der Waals surface area contributed by atoms with E-state index in [2.05, 4.69) is 0 Å². The van der Waals surface area contributed by atoms with Crippen molar-refractivity contribution in [3.63, 3.8) is 0 Å². The number of alkyl halides is 1. The van der Waals surface area contributed by atoms with Crippen LogP contribution in [0.1, 0.15) is 13.8 Å². The predicted molar refractivity (Wildman–Crippen MR) is 83.1 cm³/mol. The molecule has 3 rings (SSSR count). The molecule has 0 aromatic heterocycles. The van der Waals surface area contributed by atoms with Crippen LogP contribution in [0.4, 0.5) is 5.69 Å². The highest BCUT2D eigenvalue weighted by Gasteiger charge is 2.47. The van der Waals surface area contributed by atoms with Crippen molar-refractivity contribution in [2.45, 2.75) is 24.3 Å². The molecule has 22 heavy (non-hydrogen) atoms. The highest BCUT2D eigenvalue weighted by atomic mass is 35.5. The number of fused-ring (bicyclic) bond motifs is 1. The Bertz CT molecular complexity index is 741. The van der Waals surface area contributed by atoms with Crippen LogP contribution in [0, 0.1) is 0 Å². The van der Waals surface area contributed by atoms with Crippen LogP contribution in [0.25, 0.3) is 0 Å². The second-order valence-corrected chi connectivity index (χ2v) is 7.21. The van der Waals surface area contributed by atoms with Crippen LogP contribution in [-0.2, 0) is 25.1 Å². The number of halogens is 1. The van der Waals surface area contributed by atoms with Gasteiger partial charge >= 0.3 is 5.97 Å². The van der Waals surface area contributed by atoms with Gasteiger partial charge in [0, 0.05) is 0 Å². The normalized spacial score (nSPS) is 22.8. The molecule has 0 saturated heterocycles. The Labute approximate surface area is 135 Å². The van der Waals surface area contributed by atoms with Gasteiger partial charge in [0.2, 0.25) is 5.91 Å². The van der Waals surface area contributed by atoms with Crippen molar-refractivity contribution in [2.75, 3.05) is 17.3 Å². The predicted octanol–water partition coefficient (Wildman–Crippen LogP) is 1.97. The Kier molecular flexibility index (Phi) is 3.61. The molecule has 2 heterocycles. The van der Waals surface area contributed by atoms with E-state index in [0.717, 1.165) is 0 Å². The van der Waals surface area contributed by atoms with E-state index in [9.17, 15) is 13.8 Å². The maximum Gasteiger partial charge on any atom is 0.337 e. The third-order valence-corrected chi connectivity index (χ3v) is 5.77. The lowest BCUT2D eigenvalue weighted by molar-refractivity contribution is -0.144. The van der Waals surface area contributed by atoms with Gasteiger partial charge in [0.1, 0.15) is 11.5 Å². The summed E-state index contributed by atoms with van der Waals surface area (Å²) < 4.78 is 18.3. The van der Waals surface area contributed by atoms with Crippen molar-refractivity contribution < 1.29 is 18.5 Å². The minimum atomic E-state index is -1.57. The monoisotopic (exact) mass is 339 g/mol. The number of para-hydroxylation sites is 1. The zero-order valence-electron chi connectivity index (χ0n) is 12.1. The first-order valence-electron chi connectivity index (χ1n) is 6.71. The van der Waals surface area contributed by atoms with Crippen molar-refractivity contribution in [3.8, 4) is 0 Å². The molecule has 0 aliphatic carbocycles. The maximum atomic E-state index is 13.0. The summed E-state index contributed by atoms with van der Waals surface area (Å²) in [5, 5.41) is 0. The molecule has 0 radical (unpaired) electrons. The van der Waals surface area contributed by atoms with E-state index in [1.807, 2.05) is 0 Å². The average Bonchev–Trinajstić information content (AvgIpc) is 2.63. The third-order valence-electron chi connectivity index (χ3n) is 3.69. The number of carbonyl (C=O) groups excluding carboxylic acids is 2. The van der Waals surface area contributed by atoms with Gasteiger partial charge < -0.3 is 9.64 Å². The second-order valence-electron chi connectivity index (χ2n) is 5.56. The van der Waals surface area contributed by atoms with E-state index < -0.39 is 22.4 Å². The van der Waals surface area contributed by atoms with Gasteiger partial charge in [-0.1, -0.05) is 12.1 Å². The number of esters is 1. The standard InChI is InChI=1S/C15H14ClNO4S/c1-15(2)13-9(14(19)21-15)8-17(12(18)7-16)10-5-3-4-6-11(10)22(13)20/h3-6H,7-8H2,1-2H3. The molecular formula is C15H14ClNO4S. The highest BCUT2D eigenvalue weighted by molar-refractivity contribution is 7.89. The second kappa shape index (κ2) is 5.21. The van der Waals surface area contributed by atoms with Crippen molar-refractivity contribution in [1.82, 2.24) is 0 Å².